The smallest absolute Gasteiger partial charge is 0.194 e. The third-order valence-corrected chi connectivity index (χ3v) is 8.52. The molecule has 0 aliphatic carbocycles. The summed E-state index contributed by atoms with van der Waals surface area (Å²) in [6.07, 6.45) is 3.92. The molecule has 5 heterocycles. The zero-order valence-electron chi connectivity index (χ0n) is 20.6. The number of rotatable bonds is 5. The van der Waals surface area contributed by atoms with E-state index >= 15 is 0 Å². The van der Waals surface area contributed by atoms with E-state index in [4.69, 9.17) is 26.9 Å². The normalized spacial score (nSPS) is 19.7. The van der Waals surface area contributed by atoms with Crippen molar-refractivity contribution in [3.8, 4) is 5.13 Å². The van der Waals surface area contributed by atoms with Crippen molar-refractivity contribution < 1.29 is 4.74 Å². The quantitative estimate of drug-likeness (QED) is 0.297. The topological polar surface area (TPSA) is 58.5 Å². The van der Waals surface area contributed by atoms with Crippen LogP contribution in [0.15, 0.2) is 91.3 Å². The number of hydrogen-bond acceptors (Lipinski definition) is 6. The minimum absolute atomic E-state index is 0.117. The zero-order chi connectivity index (χ0) is 25.5. The van der Waals surface area contributed by atoms with Crippen LogP contribution in [0.1, 0.15) is 23.5 Å². The fraction of sp³-hybridized carbons (Fsp3) is 0.207. The van der Waals surface area contributed by atoms with Gasteiger partial charge in [-0.1, -0.05) is 29.5 Å². The number of morpholine rings is 1. The van der Waals surface area contributed by atoms with Crippen molar-refractivity contribution in [3.63, 3.8) is 0 Å². The number of aromatic nitrogens is 3. The molecule has 2 aliphatic heterocycles. The van der Waals surface area contributed by atoms with Gasteiger partial charge in [0.05, 0.1) is 40.9 Å². The molecule has 2 aliphatic rings. The SMILES string of the molecule is S=C1N[C@H](c2ccccn2)[C@@H](c2cccn2-c2nc3ccccc3s2)N1c1ccc(N2CCOCC2)cc1. The van der Waals surface area contributed by atoms with Crippen LogP contribution >= 0.6 is 23.6 Å². The lowest BCUT2D eigenvalue weighted by Gasteiger charge is -2.31. The van der Waals surface area contributed by atoms with E-state index in [0.29, 0.717) is 5.11 Å². The Bertz CT molecular complexity index is 1540. The van der Waals surface area contributed by atoms with Gasteiger partial charge < -0.3 is 19.9 Å². The number of anilines is 2. The standard InChI is InChI=1S/C29H26N6OS2/c37-28-32-26(23-7-3-4-14-30-23)27(35(28)21-12-10-20(11-13-21)33-16-18-36-19-17-33)24-8-5-15-34(24)29-31-22-6-1-2-9-25(22)38-29/h1-15,26-27H,16-19H2,(H,32,37)/t26-,27-/m1/s1. The summed E-state index contributed by atoms with van der Waals surface area (Å²) in [7, 11) is 0. The van der Waals surface area contributed by atoms with Crippen LogP contribution in [-0.2, 0) is 4.74 Å². The highest BCUT2D eigenvalue weighted by Gasteiger charge is 2.42. The molecule has 2 atom stereocenters. The fourth-order valence-electron chi connectivity index (χ4n) is 5.35. The van der Waals surface area contributed by atoms with Crippen LogP contribution in [-0.4, -0.2) is 46.0 Å². The molecular weight excluding hydrogens is 512 g/mol. The molecule has 3 aromatic heterocycles. The van der Waals surface area contributed by atoms with Gasteiger partial charge in [0.2, 0.25) is 0 Å². The van der Waals surface area contributed by atoms with Gasteiger partial charge >= 0.3 is 0 Å². The first kappa shape index (κ1) is 23.3. The van der Waals surface area contributed by atoms with Crippen molar-refractivity contribution in [1.82, 2.24) is 19.9 Å². The van der Waals surface area contributed by atoms with Crippen LogP contribution in [0.25, 0.3) is 15.3 Å². The number of hydrogen-bond donors (Lipinski definition) is 1. The van der Waals surface area contributed by atoms with Crippen molar-refractivity contribution in [1.29, 1.82) is 0 Å². The minimum atomic E-state index is -0.120. The maximum atomic E-state index is 5.96. The van der Waals surface area contributed by atoms with Crippen molar-refractivity contribution in [2.45, 2.75) is 12.1 Å². The monoisotopic (exact) mass is 538 g/mol. The first-order valence-corrected chi connectivity index (χ1v) is 14.0. The number of thiocarbonyl (C=S) groups is 1. The molecule has 0 bridgehead atoms. The second-order valence-corrected chi connectivity index (χ2v) is 10.8. The van der Waals surface area contributed by atoms with Crippen LogP contribution in [0.2, 0.25) is 0 Å². The van der Waals surface area contributed by atoms with E-state index < -0.39 is 0 Å². The summed E-state index contributed by atoms with van der Waals surface area (Å²) in [6.45, 7) is 3.34. The summed E-state index contributed by atoms with van der Waals surface area (Å²) in [4.78, 5) is 14.2. The van der Waals surface area contributed by atoms with Crippen molar-refractivity contribution in [2.75, 3.05) is 36.1 Å². The van der Waals surface area contributed by atoms with Gasteiger partial charge in [-0.15, -0.1) is 0 Å². The Morgan fingerprint density at radius 3 is 2.47 bits per heavy atom. The Kier molecular flexibility index (Phi) is 6.04. The van der Waals surface area contributed by atoms with Gasteiger partial charge in [0.15, 0.2) is 10.2 Å². The third kappa shape index (κ3) is 4.13. The summed E-state index contributed by atoms with van der Waals surface area (Å²) in [5, 5.41) is 5.20. The number of para-hydroxylation sites is 1. The van der Waals surface area contributed by atoms with E-state index in [1.807, 2.05) is 24.4 Å². The molecule has 9 heteroatoms. The van der Waals surface area contributed by atoms with Crippen LogP contribution < -0.4 is 15.1 Å². The summed E-state index contributed by atoms with van der Waals surface area (Å²) < 4.78 is 8.88. The van der Waals surface area contributed by atoms with Crippen molar-refractivity contribution in [3.05, 3.63) is 103 Å². The molecule has 7 nitrogen and oxygen atoms in total. The first-order valence-electron chi connectivity index (χ1n) is 12.7. The van der Waals surface area contributed by atoms with E-state index in [1.165, 1.54) is 10.4 Å². The van der Waals surface area contributed by atoms with E-state index in [9.17, 15) is 0 Å². The predicted octanol–water partition coefficient (Wildman–Crippen LogP) is 5.50. The van der Waals surface area contributed by atoms with Gasteiger partial charge in [0.1, 0.15) is 6.04 Å². The Hall–Kier alpha value is -3.79. The van der Waals surface area contributed by atoms with Gasteiger partial charge in [-0.05, 0) is 72.9 Å². The van der Waals surface area contributed by atoms with Crippen LogP contribution in [0, 0.1) is 0 Å². The molecule has 0 saturated carbocycles. The lowest BCUT2D eigenvalue weighted by atomic mass is 10.0. The van der Waals surface area contributed by atoms with Crippen LogP contribution in [0.4, 0.5) is 11.4 Å². The van der Waals surface area contributed by atoms with Gasteiger partial charge in [0.25, 0.3) is 0 Å². The fourth-order valence-corrected chi connectivity index (χ4v) is 6.67. The van der Waals surface area contributed by atoms with Crippen molar-refractivity contribution in [2.24, 2.45) is 0 Å². The number of nitrogens with one attached hydrogen (secondary N) is 1. The third-order valence-electron chi connectivity index (χ3n) is 7.17. The molecular formula is C29H26N6OS2. The van der Waals surface area contributed by atoms with Crippen molar-refractivity contribution >= 4 is 50.3 Å². The highest BCUT2D eigenvalue weighted by atomic mass is 32.1. The van der Waals surface area contributed by atoms with Crippen LogP contribution in [0.5, 0.6) is 0 Å². The second-order valence-electron chi connectivity index (χ2n) is 9.38. The molecule has 2 saturated heterocycles. The molecule has 5 aromatic rings. The van der Waals surface area contributed by atoms with Gasteiger partial charge in [-0.2, -0.15) is 0 Å². The number of thiazole rings is 1. The molecule has 38 heavy (non-hydrogen) atoms. The summed E-state index contributed by atoms with van der Waals surface area (Å²) >= 11 is 7.65. The lowest BCUT2D eigenvalue weighted by molar-refractivity contribution is 0.122. The number of pyridine rings is 1. The van der Waals surface area contributed by atoms with Gasteiger partial charge in [-0.25, -0.2) is 4.98 Å². The summed E-state index contributed by atoms with van der Waals surface area (Å²) in [5.41, 5.74) is 5.29. The summed E-state index contributed by atoms with van der Waals surface area (Å²) in [6, 6.07) is 27.0. The maximum absolute atomic E-state index is 5.96. The Morgan fingerprint density at radius 2 is 1.68 bits per heavy atom. The van der Waals surface area contributed by atoms with E-state index in [2.05, 4.69) is 86.5 Å². The number of nitrogens with zero attached hydrogens (tertiary/aromatic N) is 5. The molecule has 1 N–H and O–H groups in total. The molecule has 0 amide bonds. The largest absolute Gasteiger partial charge is 0.378 e. The average molecular weight is 539 g/mol. The minimum Gasteiger partial charge on any atom is -0.378 e. The molecule has 0 radical (unpaired) electrons. The lowest BCUT2D eigenvalue weighted by Crippen LogP contribution is -2.36. The first-order chi connectivity index (χ1) is 18.8. The Morgan fingerprint density at radius 1 is 0.895 bits per heavy atom. The number of ether oxygens (including phenoxy) is 1. The van der Waals surface area contributed by atoms with Gasteiger partial charge in [-0.3, -0.25) is 9.55 Å². The molecule has 190 valence electrons. The van der Waals surface area contributed by atoms with E-state index in [0.717, 1.165) is 54.0 Å². The number of fused-ring (bicyclic) bond motifs is 1. The van der Waals surface area contributed by atoms with E-state index in [-0.39, 0.29) is 12.1 Å². The Balaban J connectivity index is 1.31. The molecule has 0 unspecified atom stereocenters. The molecule has 7 rings (SSSR count). The zero-order valence-corrected chi connectivity index (χ0v) is 22.2. The number of benzene rings is 2. The maximum Gasteiger partial charge on any atom is 0.194 e. The van der Waals surface area contributed by atoms with Crippen LogP contribution in [0.3, 0.4) is 0 Å². The summed E-state index contributed by atoms with van der Waals surface area (Å²) in [5.74, 6) is 0. The average Bonchev–Trinajstić information content (AvgIpc) is 3.70. The molecule has 2 fully saturated rings. The van der Waals surface area contributed by atoms with E-state index in [1.54, 1.807) is 11.3 Å². The Labute approximate surface area is 230 Å². The highest BCUT2D eigenvalue weighted by Crippen LogP contribution is 2.43. The molecule has 2 aromatic carbocycles. The molecule has 0 spiro atoms. The predicted molar refractivity (Wildman–Crippen MR) is 156 cm³/mol. The second kappa shape index (κ2) is 9.83. The van der Waals surface area contributed by atoms with Gasteiger partial charge in [0, 0.05) is 36.9 Å². The highest BCUT2D eigenvalue weighted by molar-refractivity contribution is 7.80.